The standard InChI is InChI=1S/C25H23Cl2F3N4O3/c1-37-22-9-3-2-8-21(22)33-23(35)31-12-5-13-34(18-7-4-6-16(14-18)25(28,29)30)24(36)32-17-10-11-19(26)20(27)15-17/h2-4,6-11,14-15H,5,12-13H2,1H3,(H,32,36)(H2,31,33,35). The number of hydrogen-bond acceptors (Lipinski definition) is 3. The Morgan fingerprint density at radius 2 is 1.70 bits per heavy atom. The molecule has 0 radical (unpaired) electrons. The fraction of sp³-hybridized carbons (Fsp3) is 0.200. The van der Waals surface area contributed by atoms with Gasteiger partial charge in [0.1, 0.15) is 5.75 Å². The number of hydrogen-bond donors (Lipinski definition) is 3. The topological polar surface area (TPSA) is 82.7 Å². The van der Waals surface area contributed by atoms with Crippen LogP contribution in [0.5, 0.6) is 5.75 Å². The van der Waals surface area contributed by atoms with E-state index in [0.29, 0.717) is 17.1 Å². The molecule has 37 heavy (non-hydrogen) atoms. The molecule has 0 fully saturated rings. The third kappa shape index (κ3) is 7.93. The van der Waals surface area contributed by atoms with Crippen LogP contribution in [0, 0.1) is 0 Å². The summed E-state index contributed by atoms with van der Waals surface area (Å²) in [7, 11) is 1.48. The molecular formula is C25H23Cl2F3N4O3. The van der Waals surface area contributed by atoms with Crippen LogP contribution in [-0.4, -0.2) is 32.3 Å². The molecular weight excluding hydrogens is 532 g/mol. The SMILES string of the molecule is COc1ccccc1NC(=O)NCCCN(C(=O)Nc1ccc(Cl)c(Cl)c1)c1cccc(C(F)(F)F)c1. The summed E-state index contributed by atoms with van der Waals surface area (Å²) in [5.74, 6) is 0.479. The van der Waals surface area contributed by atoms with E-state index in [9.17, 15) is 22.8 Å². The van der Waals surface area contributed by atoms with Crippen molar-refractivity contribution in [3.05, 3.63) is 82.3 Å². The minimum atomic E-state index is -4.58. The molecule has 0 saturated carbocycles. The first kappa shape index (κ1) is 27.9. The van der Waals surface area contributed by atoms with Crippen molar-refractivity contribution in [2.24, 2.45) is 0 Å². The maximum atomic E-state index is 13.3. The molecule has 3 N–H and O–H groups in total. The summed E-state index contributed by atoms with van der Waals surface area (Å²) in [5.41, 5.74) is -0.0858. The number of para-hydroxylation sites is 2. The summed E-state index contributed by atoms with van der Waals surface area (Å²) >= 11 is 11.9. The Morgan fingerprint density at radius 3 is 2.41 bits per heavy atom. The van der Waals surface area contributed by atoms with Gasteiger partial charge in [-0.2, -0.15) is 13.2 Å². The number of benzene rings is 3. The number of methoxy groups -OCH3 is 1. The van der Waals surface area contributed by atoms with Gasteiger partial charge >= 0.3 is 18.2 Å². The van der Waals surface area contributed by atoms with Gasteiger partial charge in [0, 0.05) is 24.5 Å². The molecule has 0 saturated heterocycles. The molecule has 196 valence electrons. The van der Waals surface area contributed by atoms with Crippen molar-refractivity contribution < 1.29 is 27.5 Å². The van der Waals surface area contributed by atoms with Crippen LogP contribution in [0.3, 0.4) is 0 Å². The number of carbonyl (C=O) groups excluding carboxylic acids is 2. The molecule has 4 amide bonds. The van der Waals surface area contributed by atoms with Crippen molar-refractivity contribution in [2.45, 2.75) is 12.6 Å². The van der Waals surface area contributed by atoms with Crippen LogP contribution in [-0.2, 0) is 6.18 Å². The number of rotatable bonds is 8. The first-order valence-corrected chi connectivity index (χ1v) is 11.7. The van der Waals surface area contributed by atoms with E-state index < -0.39 is 23.8 Å². The number of carbonyl (C=O) groups is 2. The Kier molecular flexibility index (Phi) is 9.48. The second-order valence-corrected chi connectivity index (χ2v) is 8.51. The lowest BCUT2D eigenvalue weighted by Gasteiger charge is -2.24. The quantitative estimate of drug-likeness (QED) is 0.256. The minimum Gasteiger partial charge on any atom is -0.495 e. The zero-order chi connectivity index (χ0) is 27.0. The highest BCUT2D eigenvalue weighted by Gasteiger charge is 2.31. The van der Waals surface area contributed by atoms with E-state index in [2.05, 4.69) is 16.0 Å². The summed E-state index contributed by atoms with van der Waals surface area (Å²) in [6.07, 6.45) is -4.34. The molecule has 0 atom stereocenters. The largest absolute Gasteiger partial charge is 0.495 e. The van der Waals surface area contributed by atoms with Crippen molar-refractivity contribution in [1.29, 1.82) is 0 Å². The molecule has 0 heterocycles. The Balaban J connectivity index is 1.69. The van der Waals surface area contributed by atoms with Gasteiger partial charge in [0.2, 0.25) is 0 Å². The Hall–Kier alpha value is -3.63. The van der Waals surface area contributed by atoms with Gasteiger partial charge in [-0.05, 0) is 55.0 Å². The van der Waals surface area contributed by atoms with Crippen molar-refractivity contribution >= 4 is 52.3 Å². The number of nitrogens with one attached hydrogen (secondary N) is 3. The Labute approximate surface area is 221 Å². The van der Waals surface area contributed by atoms with Crippen LogP contribution < -0.4 is 25.6 Å². The van der Waals surface area contributed by atoms with Gasteiger partial charge in [-0.15, -0.1) is 0 Å². The number of amides is 4. The Bertz CT molecular complexity index is 1260. The second kappa shape index (κ2) is 12.6. The molecule has 0 bridgehead atoms. The number of alkyl halides is 3. The van der Waals surface area contributed by atoms with E-state index in [0.717, 1.165) is 17.0 Å². The van der Waals surface area contributed by atoms with E-state index in [4.69, 9.17) is 27.9 Å². The van der Waals surface area contributed by atoms with Gasteiger partial charge in [-0.1, -0.05) is 41.4 Å². The van der Waals surface area contributed by atoms with Crippen molar-refractivity contribution in [1.82, 2.24) is 5.32 Å². The van der Waals surface area contributed by atoms with Crippen molar-refractivity contribution in [3.63, 3.8) is 0 Å². The fourth-order valence-corrected chi connectivity index (χ4v) is 3.61. The molecule has 0 aliphatic carbocycles. The molecule has 0 aliphatic rings. The van der Waals surface area contributed by atoms with Gasteiger partial charge in [0.15, 0.2) is 0 Å². The fourth-order valence-electron chi connectivity index (χ4n) is 3.32. The van der Waals surface area contributed by atoms with Crippen LogP contribution in [0.1, 0.15) is 12.0 Å². The second-order valence-electron chi connectivity index (χ2n) is 7.69. The van der Waals surface area contributed by atoms with E-state index in [1.165, 1.54) is 37.4 Å². The zero-order valence-corrected chi connectivity index (χ0v) is 21.0. The molecule has 7 nitrogen and oxygen atoms in total. The highest BCUT2D eigenvalue weighted by atomic mass is 35.5. The van der Waals surface area contributed by atoms with Crippen molar-refractivity contribution in [3.8, 4) is 5.75 Å². The number of halogens is 5. The summed E-state index contributed by atoms with van der Waals surface area (Å²) in [6.45, 7) is 0.139. The smallest absolute Gasteiger partial charge is 0.416 e. The normalized spacial score (nSPS) is 11.0. The lowest BCUT2D eigenvalue weighted by atomic mass is 10.1. The monoisotopic (exact) mass is 554 g/mol. The van der Waals surface area contributed by atoms with Crippen LogP contribution in [0.25, 0.3) is 0 Å². The number of anilines is 3. The molecule has 3 aromatic carbocycles. The van der Waals surface area contributed by atoms with E-state index in [1.54, 1.807) is 24.3 Å². The summed E-state index contributed by atoms with van der Waals surface area (Å²) in [5, 5.41) is 8.40. The average Bonchev–Trinajstić information content (AvgIpc) is 2.86. The Morgan fingerprint density at radius 1 is 0.946 bits per heavy atom. The summed E-state index contributed by atoms with van der Waals surface area (Å²) < 4.78 is 45.0. The van der Waals surface area contributed by atoms with Crippen LogP contribution in [0.4, 0.5) is 39.8 Å². The molecule has 0 unspecified atom stereocenters. The van der Waals surface area contributed by atoms with Gasteiger partial charge in [-0.25, -0.2) is 9.59 Å². The predicted octanol–water partition coefficient (Wildman–Crippen LogP) is 7.27. The molecule has 3 aromatic rings. The van der Waals surface area contributed by atoms with Crippen LogP contribution >= 0.6 is 23.2 Å². The van der Waals surface area contributed by atoms with Crippen LogP contribution in [0.2, 0.25) is 10.0 Å². The lowest BCUT2D eigenvalue weighted by Crippen LogP contribution is -2.38. The van der Waals surface area contributed by atoms with Crippen molar-refractivity contribution in [2.75, 3.05) is 35.7 Å². The van der Waals surface area contributed by atoms with Gasteiger partial charge in [0.05, 0.1) is 28.4 Å². The molecule has 0 aliphatic heterocycles. The molecule has 0 spiro atoms. The number of ether oxygens (including phenoxy) is 1. The molecule has 0 aromatic heterocycles. The predicted molar refractivity (Wildman–Crippen MR) is 139 cm³/mol. The lowest BCUT2D eigenvalue weighted by molar-refractivity contribution is -0.137. The minimum absolute atomic E-state index is 0.00338. The third-order valence-electron chi connectivity index (χ3n) is 5.10. The maximum absolute atomic E-state index is 13.3. The third-order valence-corrected chi connectivity index (χ3v) is 5.84. The molecule has 3 rings (SSSR count). The highest BCUT2D eigenvalue weighted by molar-refractivity contribution is 6.42. The highest BCUT2D eigenvalue weighted by Crippen LogP contribution is 2.32. The van der Waals surface area contributed by atoms with E-state index in [1.807, 2.05) is 0 Å². The zero-order valence-electron chi connectivity index (χ0n) is 19.5. The summed E-state index contributed by atoms with van der Waals surface area (Å²) in [6, 6.07) is 14.5. The molecule has 12 heteroatoms. The maximum Gasteiger partial charge on any atom is 0.416 e. The number of nitrogens with zero attached hydrogens (tertiary/aromatic N) is 1. The van der Waals surface area contributed by atoms with E-state index >= 15 is 0 Å². The average molecular weight is 555 g/mol. The van der Waals surface area contributed by atoms with Gasteiger partial charge in [0.25, 0.3) is 0 Å². The van der Waals surface area contributed by atoms with Gasteiger partial charge < -0.3 is 20.7 Å². The number of urea groups is 2. The van der Waals surface area contributed by atoms with Crippen LogP contribution in [0.15, 0.2) is 66.7 Å². The first-order valence-electron chi connectivity index (χ1n) is 11.0. The summed E-state index contributed by atoms with van der Waals surface area (Å²) in [4.78, 5) is 26.5. The van der Waals surface area contributed by atoms with E-state index in [-0.39, 0.29) is 35.2 Å². The van der Waals surface area contributed by atoms with Gasteiger partial charge in [-0.3, -0.25) is 4.90 Å². The first-order chi connectivity index (χ1) is 17.6.